The van der Waals surface area contributed by atoms with Crippen molar-refractivity contribution in [2.75, 3.05) is 50.2 Å². The number of methoxy groups -OCH3 is 1. The minimum Gasteiger partial charge on any atom is -0.493 e. The summed E-state index contributed by atoms with van der Waals surface area (Å²) in [6.45, 7) is 5.46. The van der Waals surface area contributed by atoms with Crippen LogP contribution < -0.4 is 19.7 Å². The maximum absolute atomic E-state index is 9.99. The summed E-state index contributed by atoms with van der Waals surface area (Å²) in [5.74, 6) is 2.41. The lowest BCUT2D eigenvalue weighted by atomic mass is 10.1. The molecule has 0 saturated carbocycles. The Bertz CT molecular complexity index is 1340. The number of hydrogen-bond acceptors (Lipinski definition) is 8. The summed E-state index contributed by atoms with van der Waals surface area (Å²) in [4.78, 5) is 11.4. The molecule has 2 heterocycles. The third-order valence-electron chi connectivity index (χ3n) is 6.28. The Kier molecular flexibility index (Phi) is 6.51. The van der Waals surface area contributed by atoms with Gasteiger partial charge in [0.05, 0.1) is 37.7 Å². The number of fused-ring (bicyclic) bond motifs is 1. The van der Waals surface area contributed by atoms with Crippen LogP contribution in [0.15, 0.2) is 60.3 Å². The number of nitriles is 1. The van der Waals surface area contributed by atoms with E-state index >= 15 is 0 Å². The van der Waals surface area contributed by atoms with E-state index in [2.05, 4.69) is 46.4 Å². The summed E-state index contributed by atoms with van der Waals surface area (Å²) in [7, 11) is 1.62. The zero-order valence-corrected chi connectivity index (χ0v) is 19.8. The van der Waals surface area contributed by atoms with Crippen LogP contribution in [-0.2, 0) is 4.74 Å². The molecular weight excluding hydrogens is 442 g/mol. The van der Waals surface area contributed by atoms with Crippen molar-refractivity contribution in [2.24, 2.45) is 5.92 Å². The van der Waals surface area contributed by atoms with Crippen molar-refractivity contribution < 1.29 is 14.2 Å². The minimum absolute atomic E-state index is 0.381. The summed E-state index contributed by atoms with van der Waals surface area (Å²) in [6, 6.07) is 11.7. The Morgan fingerprint density at radius 1 is 1.20 bits per heavy atom. The van der Waals surface area contributed by atoms with E-state index < -0.39 is 0 Å². The van der Waals surface area contributed by atoms with Gasteiger partial charge >= 0.3 is 0 Å². The van der Waals surface area contributed by atoms with Gasteiger partial charge in [0, 0.05) is 24.8 Å². The molecule has 0 amide bonds. The van der Waals surface area contributed by atoms with E-state index in [-0.39, 0.29) is 0 Å². The van der Waals surface area contributed by atoms with Crippen LogP contribution in [0.3, 0.4) is 0 Å². The Morgan fingerprint density at radius 2 is 2.06 bits per heavy atom. The highest BCUT2D eigenvalue weighted by Gasteiger charge is 2.17. The van der Waals surface area contributed by atoms with Crippen LogP contribution in [0.5, 0.6) is 11.5 Å². The molecule has 178 valence electrons. The number of nitrogens with zero attached hydrogens (tertiary/aromatic N) is 4. The fraction of sp³-hybridized carbons (Fsp3) is 0.296. The first-order valence-corrected chi connectivity index (χ1v) is 11.6. The van der Waals surface area contributed by atoms with Gasteiger partial charge in [-0.15, -0.1) is 0 Å². The highest BCUT2D eigenvalue weighted by molar-refractivity contribution is 5.89. The second kappa shape index (κ2) is 10.0. The first-order valence-electron chi connectivity index (χ1n) is 11.6. The van der Waals surface area contributed by atoms with Gasteiger partial charge in [0.25, 0.3) is 0 Å². The molecule has 0 bridgehead atoms. The van der Waals surface area contributed by atoms with Crippen LogP contribution in [0.4, 0.5) is 17.2 Å². The second-order valence-corrected chi connectivity index (χ2v) is 8.49. The maximum atomic E-state index is 9.99. The molecule has 1 aromatic heterocycles. The molecule has 5 rings (SSSR count). The Hall–Kier alpha value is -4.09. The summed E-state index contributed by atoms with van der Waals surface area (Å²) >= 11 is 0. The molecule has 8 nitrogen and oxygen atoms in total. The number of morpholine rings is 1. The third kappa shape index (κ3) is 4.77. The fourth-order valence-electron chi connectivity index (χ4n) is 4.21. The van der Waals surface area contributed by atoms with Gasteiger partial charge in [0.1, 0.15) is 29.6 Å². The van der Waals surface area contributed by atoms with Gasteiger partial charge in [0.2, 0.25) is 0 Å². The summed E-state index contributed by atoms with van der Waals surface area (Å²) < 4.78 is 17.0. The van der Waals surface area contributed by atoms with E-state index in [4.69, 9.17) is 19.2 Å². The Morgan fingerprint density at radius 3 is 2.80 bits per heavy atom. The molecule has 1 atom stereocenters. The van der Waals surface area contributed by atoms with E-state index in [0.29, 0.717) is 59.5 Å². The highest BCUT2D eigenvalue weighted by Crippen LogP contribution is 2.34. The van der Waals surface area contributed by atoms with Crippen LogP contribution in [-0.4, -0.2) is 50.0 Å². The number of hydrogen-bond donors (Lipinski definition) is 1. The predicted molar refractivity (Wildman–Crippen MR) is 135 cm³/mol. The summed E-state index contributed by atoms with van der Waals surface area (Å²) in [6.07, 6.45) is 8.04. The van der Waals surface area contributed by atoms with Crippen LogP contribution in [0, 0.1) is 17.2 Å². The molecule has 35 heavy (non-hydrogen) atoms. The number of ether oxygens (including phenoxy) is 3. The van der Waals surface area contributed by atoms with Crippen molar-refractivity contribution in [3.63, 3.8) is 0 Å². The molecule has 2 aliphatic rings. The van der Waals surface area contributed by atoms with Crippen LogP contribution in [0.2, 0.25) is 0 Å². The lowest BCUT2D eigenvalue weighted by molar-refractivity contribution is 0.122. The van der Waals surface area contributed by atoms with Gasteiger partial charge in [-0.25, -0.2) is 4.98 Å². The van der Waals surface area contributed by atoms with Gasteiger partial charge < -0.3 is 24.4 Å². The Balaban J connectivity index is 1.39. The number of aromatic nitrogens is 2. The highest BCUT2D eigenvalue weighted by atomic mass is 16.5. The number of benzene rings is 2. The lowest BCUT2D eigenvalue weighted by Crippen LogP contribution is -2.36. The molecule has 8 heteroatoms. The molecule has 1 aliphatic heterocycles. The topological polar surface area (TPSA) is 92.5 Å². The third-order valence-corrected chi connectivity index (χ3v) is 6.28. The zero-order chi connectivity index (χ0) is 24.2. The average molecular weight is 470 g/mol. The molecule has 1 N–H and O–H groups in total. The molecule has 0 radical (unpaired) electrons. The van der Waals surface area contributed by atoms with Gasteiger partial charge in [-0.2, -0.15) is 5.26 Å². The molecule has 1 saturated heterocycles. The molecule has 1 aliphatic carbocycles. The summed E-state index contributed by atoms with van der Waals surface area (Å²) in [5.41, 5.74) is 4.34. The zero-order valence-electron chi connectivity index (χ0n) is 19.8. The van der Waals surface area contributed by atoms with Gasteiger partial charge in [-0.3, -0.25) is 4.98 Å². The normalized spacial score (nSPS) is 17.2. The summed E-state index contributed by atoms with van der Waals surface area (Å²) in [5, 5.41) is 13.3. The number of anilines is 3. The van der Waals surface area contributed by atoms with Crippen LogP contribution in [0.25, 0.3) is 11.0 Å². The smallest absolute Gasteiger partial charge is 0.162 e. The quantitative estimate of drug-likeness (QED) is 0.537. The van der Waals surface area contributed by atoms with Crippen molar-refractivity contribution in [2.45, 2.75) is 6.92 Å². The molecule has 0 unspecified atom stereocenters. The van der Waals surface area contributed by atoms with Gasteiger partial charge in [-0.1, -0.05) is 25.2 Å². The fourth-order valence-corrected chi connectivity index (χ4v) is 4.21. The molecule has 3 aromatic rings. The first-order chi connectivity index (χ1) is 17.2. The first kappa shape index (κ1) is 22.7. The largest absolute Gasteiger partial charge is 0.493 e. The predicted octanol–water partition coefficient (Wildman–Crippen LogP) is 4.60. The van der Waals surface area contributed by atoms with Crippen LogP contribution >= 0.6 is 0 Å². The number of nitrogens with one attached hydrogen (secondary N) is 1. The van der Waals surface area contributed by atoms with Gasteiger partial charge in [0.15, 0.2) is 11.5 Å². The van der Waals surface area contributed by atoms with Gasteiger partial charge in [-0.05, 0) is 35.8 Å². The molecule has 2 aromatic carbocycles. The molecule has 1 fully saturated rings. The maximum Gasteiger partial charge on any atom is 0.162 e. The standard InChI is InChI=1S/C27H27N5O3/c1-18-4-3-5-19(18)17-35-24-9-6-20(14-25(24)33-2)30-22-7-8-23-27(21(22)15-28)31-26(16-29-23)32-10-12-34-13-11-32/h3-9,14,16,18,30H,10-13,17H2,1-2H3/t18-/m1/s1. The van der Waals surface area contributed by atoms with E-state index in [0.717, 1.165) is 24.6 Å². The van der Waals surface area contributed by atoms with Crippen molar-refractivity contribution in [3.8, 4) is 17.6 Å². The number of allylic oxidation sites excluding steroid dienone is 3. The number of rotatable bonds is 7. The van der Waals surface area contributed by atoms with Crippen molar-refractivity contribution >= 4 is 28.2 Å². The van der Waals surface area contributed by atoms with E-state index in [9.17, 15) is 5.26 Å². The van der Waals surface area contributed by atoms with E-state index in [1.165, 1.54) is 5.57 Å². The second-order valence-electron chi connectivity index (χ2n) is 8.49. The molecule has 0 spiro atoms. The molecular formula is C27H27N5O3. The van der Waals surface area contributed by atoms with Crippen molar-refractivity contribution in [3.05, 3.63) is 65.9 Å². The lowest BCUT2D eigenvalue weighted by Gasteiger charge is -2.27. The SMILES string of the molecule is COc1cc(Nc2ccc3ncc(N4CCOCC4)nc3c2C#N)ccc1OCC1=CC=C[C@H]1C. The van der Waals surface area contributed by atoms with E-state index in [1.807, 2.05) is 30.3 Å². The van der Waals surface area contributed by atoms with Crippen molar-refractivity contribution in [1.29, 1.82) is 5.26 Å². The van der Waals surface area contributed by atoms with Crippen molar-refractivity contribution in [1.82, 2.24) is 9.97 Å². The average Bonchev–Trinajstić information content (AvgIpc) is 3.32. The van der Waals surface area contributed by atoms with E-state index in [1.54, 1.807) is 13.3 Å². The Labute approximate surface area is 204 Å². The van der Waals surface area contributed by atoms with Crippen LogP contribution in [0.1, 0.15) is 12.5 Å². The minimum atomic E-state index is 0.381. The monoisotopic (exact) mass is 469 g/mol.